The summed E-state index contributed by atoms with van der Waals surface area (Å²) in [7, 11) is 0. The lowest BCUT2D eigenvalue weighted by molar-refractivity contribution is -0.140. The van der Waals surface area contributed by atoms with Crippen LogP contribution in [0.4, 0.5) is 0 Å². The van der Waals surface area contributed by atoms with Crippen molar-refractivity contribution < 1.29 is 9.59 Å². The van der Waals surface area contributed by atoms with E-state index in [-0.39, 0.29) is 17.9 Å². The molecule has 0 bridgehead atoms. The van der Waals surface area contributed by atoms with Crippen LogP contribution in [0.1, 0.15) is 55.7 Å². The maximum absolute atomic E-state index is 13.2. The average Bonchev–Trinajstić information content (AvgIpc) is 3.28. The van der Waals surface area contributed by atoms with Crippen molar-refractivity contribution in [3.05, 3.63) is 71.3 Å². The van der Waals surface area contributed by atoms with Gasteiger partial charge in [-0.15, -0.1) is 0 Å². The second-order valence-corrected chi connectivity index (χ2v) is 9.57. The number of aryl methyl sites for hydroxylation is 1. The van der Waals surface area contributed by atoms with E-state index in [2.05, 4.69) is 23.5 Å². The number of nitrogens with zero attached hydrogens (tertiary/aromatic N) is 1. The molecule has 1 saturated carbocycles. The summed E-state index contributed by atoms with van der Waals surface area (Å²) in [6, 6.07) is 18.2. The summed E-state index contributed by atoms with van der Waals surface area (Å²) in [5, 5.41) is 3.16. The molecule has 1 fully saturated rings. The summed E-state index contributed by atoms with van der Waals surface area (Å²) in [5.41, 5.74) is 3.48. The van der Waals surface area contributed by atoms with Crippen LogP contribution in [-0.2, 0) is 21.9 Å². The van der Waals surface area contributed by atoms with Crippen molar-refractivity contribution in [2.75, 3.05) is 5.75 Å². The Morgan fingerprint density at radius 1 is 1.06 bits per heavy atom. The van der Waals surface area contributed by atoms with Gasteiger partial charge in [0.15, 0.2) is 0 Å². The third-order valence-corrected chi connectivity index (χ3v) is 6.91. The van der Waals surface area contributed by atoms with E-state index in [1.807, 2.05) is 50.2 Å². The van der Waals surface area contributed by atoms with Gasteiger partial charge in [0.05, 0.1) is 0 Å². The SMILES string of the molecule is Cc1cccc(CN(C(=O)CCSCc2ccccc2)[C@@H](C)C(=O)NC2CCCC2)c1. The lowest BCUT2D eigenvalue weighted by Gasteiger charge is -2.30. The third kappa shape index (κ3) is 7.42. The molecule has 1 atom stereocenters. The fourth-order valence-electron chi connectivity index (χ4n) is 4.05. The molecule has 1 N–H and O–H groups in total. The van der Waals surface area contributed by atoms with Gasteiger partial charge in [-0.3, -0.25) is 9.59 Å². The predicted octanol–water partition coefficient (Wildman–Crippen LogP) is 5.09. The van der Waals surface area contributed by atoms with Crippen LogP contribution in [0.2, 0.25) is 0 Å². The summed E-state index contributed by atoms with van der Waals surface area (Å²) in [4.78, 5) is 27.8. The first-order valence-electron chi connectivity index (χ1n) is 11.3. The summed E-state index contributed by atoms with van der Waals surface area (Å²) in [5.74, 6) is 1.64. The Kier molecular flexibility index (Phi) is 9.01. The van der Waals surface area contributed by atoms with Gasteiger partial charge < -0.3 is 10.2 Å². The maximum atomic E-state index is 13.2. The topological polar surface area (TPSA) is 49.4 Å². The van der Waals surface area contributed by atoms with E-state index in [4.69, 9.17) is 0 Å². The number of carbonyl (C=O) groups is 2. The molecule has 0 aromatic heterocycles. The number of nitrogens with one attached hydrogen (secondary N) is 1. The highest BCUT2D eigenvalue weighted by molar-refractivity contribution is 7.98. The molecule has 2 aromatic carbocycles. The predicted molar refractivity (Wildman–Crippen MR) is 129 cm³/mol. The molecule has 0 unspecified atom stereocenters. The lowest BCUT2D eigenvalue weighted by Crippen LogP contribution is -2.49. The summed E-state index contributed by atoms with van der Waals surface area (Å²) in [6.45, 7) is 4.37. The Morgan fingerprint density at radius 3 is 2.48 bits per heavy atom. The molecule has 3 rings (SSSR count). The largest absolute Gasteiger partial charge is 0.352 e. The van der Waals surface area contributed by atoms with Gasteiger partial charge in [0, 0.05) is 30.5 Å². The van der Waals surface area contributed by atoms with Crippen molar-refractivity contribution in [3.63, 3.8) is 0 Å². The van der Waals surface area contributed by atoms with Crippen molar-refractivity contribution in [1.82, 2.24) is 10.2 Å². The van der Waals surface area contributed by atoms with E-state index >= 15 is 0 Å². The molecule has 5 heteroatoms. The van der Waals surface area contributed by atoms with Gasteiger partial charge in [-0.25, -0.2) is 0 Å². The Hall–Kier alpha value is -2.27. The molecule has 0 spiro atoms. The number of thioether (sulfide) groups is 1. The average molecular weight is 439 g/mol. The van der Waals surface area contributed by atoms with Gasteiger partial charge in [-0.05, 0) is 37.8 Å². The Bertz CT molecular complexity index is 849. The zero-order valence-corrected chi connectivity index (χ0v) is 19.5. The van der Waals surface area contributed by atoms with E-state index in [1.54, 1.807) is 16.7 Å². The lowest BCUT2D eigenvalue weighted by atomic mass is 10.1. The fourth-order valence-corrected chi connectivity index (χ4v) is 4.94. The Balaban J connectivity index is 1.60. The van der Waals surface area contributed by atoms with Gasteiger partial charge in [0.2, 0.25) is 11.8 Å². The summed E-state index contributed by atoms with van der Waals surface area (Å²) in [6.07, 6.45) is 4.86. The van der Waals surface area contributed by atoms with Gasteiger partial charge in [0.1, 0.15) is 6.04 Å². The molecule has 1 aliphatic carbocycles. The highest BCUT2D eigenvalue weighted by Gasteiger charge is 2.28. The van der Waals surface area contributed by atoms with Crippen LogP contribution in [0.3, 0.4) is 0 Å². The normalized spacial score (nSPS) is 14.9. The number of rotatable bonds is 10. The van der Waals surface area contributed by atoms with E-state index in [1.165, 1.54) is 18.4 Å². The summed E-state index contributed by atoms with van der Waals surface area (Å²) >= 11 is 1.76. The smallest absolute Gasteiger partial charge is 0.242 e. The minimum atomic E-state index is -0.479. The fraction of sp³-hybridized carbons (Fsp3) is 0.462. The Labute approximate surface area is 190 Å². The third-order valence-electron chi connectivity index (χ3n) is 5.88. The van der Waals surface area contributed by atoms with Crippen LogP contribution >= 0.6 is 11.8 Å². The molecule has 0 saturated heterocycles. The molecule has 2 aromatic rings. The van der Waals surface area contributed by atoms with Crippen LogP contribution < -0.4 is 5.32 Å². The van der Waals surface area contributed by atoms with Crippen LogP contribution in [0, 0.1) is 6.92 Å². The molecule has 166 valence electrons. The zero-order valence-electron chi connectivity index (χ0n) is 18.7. The van der Waals surface area contributed by atoms with Crippen LogP contribution in [-0.4, -0.2) is 34.6 Å². The minimum absolute atomic E-state index is 0.0372. The first kappa shape index (κ1) is 23.4. The van der Waals surface area contributed by atoms with Crippen molar-refractivity contribution in [2.24, 2.45) is 0 Å². The van der Waals surface area contributed by atoms with Crippen molar-refractivity contribution in [1.29, 1.82) is 0 Å². The van der Waals surface area contributed by atoms with Crippen LogP contribution in [0.15, 0.2) is 54.6 Å². The second-order valence-electron chi connectivity index (χ2n) is 8.46. The van der Waals surface area contributed by atoms with Gasteiger partial charge >= 0.3 is 0 Å². The minimum Gasteiger partial charge on any atom is -0.352 e. The highest BCUT2D eigenvalue weighted by Crippen LogP contribution is 2.19. The van der Waals surface area contributed by atoms with Gasteiger partial charge in [-0.2, -0.15) is 11.8 Å². The maximum Gasteiger partial charge on any atom is 0.242 e. The molecule has 0 aliphatic heterocycles. The Morgan fingerprint density at radius 2 is 1.77 bits per heavy atom. The van der Waals surface area contributed by atoms with Gasteiger partial charge in [-0.1, -0.05) is 73.0 Å². The molecular weight excluding hydrogens is 404 g/mol. The number of benzene rings is 2. The molecular formula is C26H34N2O2S. The number of hydrogen-bond acceptors (Lipinski definition) is 3. The quantitative estimate of drug-likeness (QED) is 0.526. The first-order chi connectivity index (χ1) is 15.0. The standard InChI is InChI=1S/C26H34N2O2S/c1-20-9-8-12-23(17-20)18-28(21(2)26(30)27-24-13-6-7-14-24)25(29)15-16-31-19-22-10-4-3-5-11-22/h3-5,8-12,17,21,24H,6-7,13-16,18-19H2,1-2H3,(H,27,30)/t21-/m0/s1. The van der Waals surface area contributed by atoms with E-state index < -0.39 is 6.04 Å². The molecule has 31 heavy (non-hydrogen) atoms. The summed E-state index contributed by atoms with van der Waals surface area (Å²) < 4.78 is 0. The van der Waals surface area contributed by atoms with Crippen molar-refractivity contribution in [3.8, 4) is 0 Å². The van der Waals surface area contributed by atoms with E-state index in [0.717, 1.165) is 35.5 Å². The zero-order chi connectivity index (χ0) is 22.1. The van der Waals surface area contributed by atoms with E-state index in [0.29, 0.717) is 13.0 Å². The van der Waals surface area contributed by atoms with Crippen molar-refractivity contribution >= 4 is 23.6 Å². The second kappa shape index (κ2) is 11.9. The molecule has 2 amide bonds. The van der Waals surface area contributed by atoms with E-state index in [9.17, 15) is 9.59 Å². The number of carbonyl (C=O) groups excluding carboxylic acids is 2. The number of amides is 2. The molecule has 4 nitrogen and oxygen atoms in total. The molecule has 0 heterocycles. The monoisotopic (exact) mass is 438 g/mol. The van der Waals surface area contributed by atoms with Crippen molar-refractivity contribution in [2.45, 2.75) is 70.3 Å². The molecule has 0 radical (unpaired) electrons. The van der Waals surface area contributed by atoms with Gasteiger partial charge in [0.25, 0.3) is 0 Å². The van der Waals surface area contributed by atoms with Crippen LogP contribution in [0.5, 0.6) is 0 Å². The highest BCUT2D eigenvalue weighted by atomic mass is 32.2. The first-order valence-corrected chi connectivity index (χ1v) is 12.5. The van der Waals surface area contributed by atoms with Crippen LogP contribution in [0.25, 0.3) is 0 Å². The molecule has 1 aliphatic rings. The number of hydrogen-bond donors (Lipinski definition) is 1.